The van der Waals surface area contributed by atoms with Crippen molar-refractivity contribution in [3.05, 3.63) is 23.3 Å². The predicted molar refractivity (Wildman–Crippen MR) is 58.9 cm³/mol. The molecule has 0 aromatic heterocycles. The Morgan fingerprint density at radius 3 is 2.22 bits per heavy atom. The third-order valence-corrected chi connectivity index (χ3v) is 2.30. The summed E-state index contributed by atoms with van der Waals surface area (Å²) in [5, 5.41) is 0. The van der Waals surface area contributed by atoms with E-state index in [2.05, 4.69) is 0 Å². The van der Waals surface area contributed by atoms with Gasteiger partial charge in [-0.3, -0.25) is 4.79 Å². The van der Waals surface area contributed by atoms with Gasteiger partial charge < -0.3 is 9.47 Å². The zero-order chi connectivity index (χ0) is 13.9. The molecule has 1 rings (SSSR count). The number of alkyl halides is 3. The first kappa shape index (κ1) is 14.3. The highest BCUT2D eigenvalue weighted by molar-refractivity contribution is 5.78. The molecular formula is C12H13F3O3. The van der Waals surface area contributed by atoms with Gasteiger partial charge in [-0.2, -0.15) is 13.2 Å². The summed E-state index contributed by atoms with van der Waals surface area (Å²) >= 11 is 0. The van der Waals surface area contributed by atoms with Crippen LogP contribution in [0.4, 0.5) is 13.2 Å². The van der Waals surface area contributed by atoms with Crippen LogP contribution in [0.1, 0.15) is 18.1 Å². The summed E-state index contributed by atoms with van der Waals surface area (Å²) in [6, 6.07) is 2.28. The topological polar surface area (TPSA) is 35.5 Å². The van der Waals surface area contributed by atoms with Gasteiger partial charge in [-0.1, -0.05) is 0 Å². The van der Waals surface area contributed by atoms with Gasteiger partial charge in [-0.15, -0.1) is 0 Å². The number of methoxy groups -OCH3 is 2. The van der Waals surface area contributed by atoms with Gasteiger partial charge in [0, 0.05) is 6.42 Å². The Kier molecular flexibility index (Phi) is 4.21. The fourth-order valence-electron chi connectivity index (χ4n) is 1.62. The number of carbonyl (C=O) groups excluding carboxylic acids is 1. The molecule has 0 atom stereocenters. The van der Waals surface area contributed by atoms with E-state index in [9.17, 15) is 18.0 Å². The van der Waals surface area contributed by atoms with Crippen molar-refractivity contribution in [2.24, 2.45) is 0 Å². The lowest BCUT2D eigenvalue weighted by Gasteiger charge is -2.16. The molecule has 3 nitrogen and oxygen atoms in total. The number of ketones is 1. The average Bonchev–Trinajstić information content (AvgIpc) is 2.25. The molecule has 0 aliphatic heterocycles. The van der Waals surface area contributed by atoms with Crippen molar-refractivity contribution in [3.63, 3.8) is 0 Å². The molecule has 100 valence electrons. The molecule has 0 fully saturated rings. The van der Waals surface area contributed by atoms with Crippen LogP contribution in [0.15, 0.2) is 12.1 Å². The first-order valence-electron chi connectivity index (χ1n) is 5.11. The number of carbonyl (C=O) groups is 1. The number of hydrogen-bond acceptors (Lipinski definition) is 3. The van der Waals surface area contributed by atoms with Crippen molar-refractivity contribution in [2.45, 2.75) is 19.5 Å². The van der Waals surface area contributed by atoms with Crippen LogP contribution in [0.5, 0.6) is 11.5 Å². The number of rotatable bonds is 4. The van der Waals surface area contributed by atoms with E-state index in [1.54, 1.807) is 0 Å². The van der Waals surface area contributed by atoms with Crippen molar-refractivity contribution in [1.82, 2.24) is 0 Å². The van der Waals surface area contributed by atoms with Crippen molar-refractivity contribution in [1.29, 1.82) is 0 Å². The second-order valence-electron chi connectivity index (χ2n) is 3.76. The monoisotopic (exact) mass is 262 g/mol. The number of Topliss-reactive ketones (excluding diaryl/α,β-unsaturated/α-hetero) is 1. The molecule has 0 aliphatic rings. The Hall–Kier alpha value is -1.72. The van der Waals surface area contributed by atoms with E-state index in [-0.39, 0.29) is 29.3 Å². The molecular weight excluding hydrogens is 249 g/mol. The van der Waals surface area contributed by atoms with Crippen LogP contribution < -0.4 is 9.47 Å². The standard InChI is InChI=1S/C12H13F3O3/c1-7(16)4-8-5-9(12(13,14)15)11(18-3)10(6-8)17-2/h5-6H,4H2,1-3H3. The molecule has 18 heavy (non-hydrogen) atoms. The lowest BCUT2D eigenvalue weighted by atomic mass is 10.0. The minimum atomic E-state index is -4.56. The van der Waals surface area contributed by atoms with Crippen LogP contribution >= 0.6 is 0 Å². The molecule has 0 spiro atoms. The Morgan fingerprint density at radius 2 is 1.83 bits per heavy atom. The lowest BCUT2D eigenvalue weighted by Crippen LogP contribution is -2.10. The van der Waals surface area contributed by atoms with Crippen LogP contribution in [-0.4, -0.2) is 20.0 Å². The molecule has 0 radical (unpaired) electrons. The highest BCUT2D eigenvalue weighted by atomic mass is 19.4. The lowest BCUT2D eigenvalue weighted by molar-refractivity contribution is -0.139. The Bertz CT molecular complexity index is 453. The zero-order valence-corrected chi connectivity index (χ0v) is 10.2. The second kappa shape index (κ2) is 5.29. The smallest absolute Gasteiger partial charge is 0.420 e. The van der Waals surface area contributed by atoms with Gasteiger partial charge in [0.05, 0.1) is 14.2 Å². The zero-order valence-electron chi connectivity index (χ0n) is 10.2. The van der Waals surface area contributed by atoms with E-state index < -0.39 is 11.7 Å². The summed E-state index contributed by atoms with van der Waals surface area (Å²) in [7, 11) is 2.38. The molecule has 6 heteroatoms. The maximum absolute atomic E-state index is 12.8. The molecule has 0 unspecified atom stereocenters. The van der Waals surface area contributed by atoms with Crippen LogP contribution in [-0.2, 0) is 17.4 Å². The molecule has 1 aromatic rings. The van der Waals surface area contributed by atoms with Gasteiger partial charge in [0.2, 0.25) is 0 Å². The average molecular weight is 262 g/mol. The molecule has 0 amide bonds. The minimum absolute atomic E-state index is 0.0384. The fraction of sp³-hybridized carbons (Fsp3) is 0.417. The highest BCUT2D eigenvalue weighted by Crippen LogP contribution is 2.42. The third-order valence-electron chi connectivity index (χ3n) is 2.30. The van der Waals surface area contributed by atoms with Crippen LogP contribution in [0.25, 0.3) is 0 Å². The van der Waals surface area contributed by atoms with Crippen LogP contribution in [0.3, 0.4) is 0 Å². The van der Waals surface area contributed by atoms with Gasteiger partial charge in [-0.25, -0.2) is 0 Å². The number of benzene rings is 1. The highest BCUT2D eigenvalue weighted by Gasteiger charge is 2.36. The Morgan fingerprint density at radius 1 is 1.22 bits per heavy atom. The van der Waals surface area contributed by atoms with E-state index in [0.29, 0.717) is 0 Å². The SMILES string of the molecule is COc1cc(CC(C)=O)cc(C(F)(F)F)c1OC. The van der Waals surface area contributed by atoms with E-state index in [0.717, 1.165) is 13.2 Å². The molecule has 0 aliphatic carbocycles. The van der Waals surface area contributed by atoms with E-state index >= 15 is 0 Å². The predicted octanol–water partition coefficient (Wildman–Crippen LogP) is 2.85. The number of ether oxygens (including phenoxy) is 2. The number of hydrogen-bond donors (Lipinski definition) is 0. The molecule has 0 bridgehead atoms. The molecule has 1 aromatic carbocycles. The maximum Gasteiger partial charge on any atom is 0.420 e. The Balaban J connectivity index is 3.40. The maximum atomic E-state index is 12.8. The molecule has 0 N–H and O–H groups in total. The van der Waals surface area contributed by atoms with E-state index in [1.165, 1.54) is 20.1 Å². The van der Waals surface area contributed by atoms with Gasteiger partial charge in [0.1, 0.15) is 11.3 Å². The Labute approximate surface area is 103 Å². The van der Waals surface area contributed by atoms with Crippen molar-refractivity contribution < 1.29 is 27.4 Å². The van der Waals surface area contributed by atoms with Gasteiger partial charge in [-0.05, 0) is 24.6 Å². The largest absolute Gasteiger partial charge is 0.493 e. The summed E-state index contributed by atoms with van der Waals surface area (Å²) in [6.07, 6.45) is -4.64. The van der Waals surface area contributed by atoms with Crippen LogP contribution in [0, 0.1) is 0 Å². The summed E-state index contributed by atoms with van der Waals surface area (Å²) in [5.41, 5.74) is -0.701. The summed E-state index contributed by atoms with van der Waals surface area (Å²) in [4.78, 5) is 11.0. The van der Waals surface area contributed by atoms with Crippen molar-refractivity contribution >= 4 is 5.78 Å². The number of halogens is 3. The quantitative estimate of drug-likeness (QED) is 0.837. The normalized spacial score (nSPS) is 11.2. The first-order valence-corrected chi connectivity index (χ1v) is 5.11. The van der Waals surface area contributed by atoms with E-state index in [4.69, 9.17) is 9.47 Å². The minimum Gasteiger partial charge on any atom is -0.493 e. The fourth-order valence-corrected chi connectivity index (χ4v) is 1.62. The third kappa shape index (κ3) is 3.15. The van der Waals surface area contributed by atoms with Crippen molar-refractivity contribution in [2.75, 3.05) is 14.2 Å². The van der Waals surface area contributed by atoms with Gasteiger partial charge in [0.25, 0.3) is 0 Å². The second-order valence-corrected chi connectivity index (χ2v) is 3.76. The van der Waals surface area contributed by atoms with Gasteiger partial charge in [0.15, 0.2) is 11.5 Å². The molecule has 0 saturated carbocycles. The van der Waals surface area contributed by atoms with Crippen LogP contribution in [0.2, 0.25) is 0 Å². The van der Waals surface area contributed by atoms with Gasteiger partial charge >= 0.3 is 6.18 Å². The van der Waals surface area contributed by atoms with E-state index in [1.807, 2.05) is 0 Å². The molecule has 0 heterocycles. The summed E-state index contributed by atoms with van der Waals surface area (Å²) < 4.78 is 48.1. The first-order chi connectivity index (χ1) is 8.29. The van der Waals surface area contributed by atoms with Crippen molar-refractivity contribution in [3.8, 4) is 11.5 Å². The summed E-state index contributed by atoms with van der Waals surface area (Å²) in [6.45, 7) is 1.31. The summed E-state index contributed by atoms with van der Waals surface area (Å²) in [5.74, 6) is -0.642. The molecule has 0 saturated heterocycles.